The third kappa shape index (κ3) is 4.75. The van der Waals surface area contributed by atoms with Crippen LogP contribution in [0.1, 0.15) is 22.6 Å². The summed E-state index contributed by atoms with van der Waals surface area (Å²) in [6.07, 6.45) is -0.0401. The molecule has 0 atom stereocenters. The standard InChI is InChI=1S/C21H25N5O5/c1-13-16(14(2)31-24-13)11-17(27)25(9-10-30-3)18-19(22)26(21(29)23-20(18)28)12-15-7-5-4-6-8-15/h4-8H,9-12,22H2,1-3H3,(H,23,28,29). The van der Waals surface area contributed by atoms with Crippen LogP contribution < -0.4 is 21.9 Å². The highest BCUT2D eigenvalue weighted by Crippen LogP contribution is 2.21. The van der Waals surface area contributed by atoms with E-state index in [9.17, 15) is 14.4 Å². The van der Waals surface area contributed by atoms with Gasteiger partial charge >= 0.3 is 5.69 Å². The molecular weight excluding hydrogens is 402 g/mol. The molecule has 1 amide bonds. The number of ether oxygens (including phenoxy) is 1. The monoisotopic (exact) mass is 427 g/mol. The quantitative estimate of drug-likeness (QED) is 0.547. The number of aromatic nitrogens is 3. The van der Waals surface area contributed by atoms with Gasteiger partial charge in [-0.25, -0.2) is 4.79 Å². The fraction of sp³-hybridized carbons (Fsp3) is 0.333. The van der Waals surface area contributed by atoms with Crippen LogP contribution in [-0.2, 0) is 22.5 Å². The van der Waals surface area contributed by atoms with Gasteiger partial charge in [0.05, 0.1) is 25.3 Å². The van der Waals surface area contributed by atoms with Gasteiger partial charge in [0.15, 0.2) is 5.69 Å². The fourth-order valence-electron chi connectivity index (χ4n) is 3.31. The lowest BCUT2D eigenvalue weighted by Gasteiger charge is -2.24. The number of nitrogen functional groups attached to an aromatic ring is 1. The molecule has 3 aromatic rings. The number of methoxy groups -OCH3 is 1. The van der Waals surface area contributed by atoms with Crippen LogP contribution in [0.4, 0.5) is 11.5 Å². The van der Waals surface area contributed by atoms with E-state index in [4.69, 9.17) is 15.0 Å². The normalized spacial score (nSPS) is 10.9. The Kier molecular flexibility index (Phi) is 6.71. The number of aryl methyl sites for hydroxylation is 2. The molecule has 3 N–H and O–H groups in total. The lowest BCUT2D eigenvalue weighted by atomic mass is 10.1. The molecule has 0 fully saturated rings. The number of H-pyrrole nitrogens is 1. The van der Waals surface area contributed by atoms with Gasteiger partial charge in [-0.1, -0.05) is 35.5 Å². The molecule has 10 heteroatoms. The molecular formula is C21H25N5O5. The lowest BCUT2D eigenvalue weighted by Crippen LogP contribution is -2.43. The maximum absolute atomic E-state index is 13.2. The van der Waals surface area contributed by atoms with E-state index in [1.165, 1.54) is 16.6 Å². The molecule has 0 bridgehead atoms. The van der Waals surface area contributed by atoms with Crippen molar-refractivity contribution in [1.29, 1.82) is 0 Å². The number of hydrogen-bond acceptors (Lipinski definition) is 7. The van der Waals surface area contributed by atoms with E-state index in [1.54, 1.807) is 13.8 Å². The molecule has 2 heterocycles. The molecule has 0 aliphatic carbocycles. The average Bonchev–Trinajstić information content (AvgIpc) is 3.06. The van der Waals surface area contributed by atoms with Crippen LogP contribution in [0.2, 0.25) is 0 Å². The Labute approximate surface area is 178 Å². The number of nitrogens with two attached hydrogens (primary N) is 1. The van der Waals surface area contributed by atoms with E-state index in [2.05, 4.69) is 10.1 Å². The summed E-state index contributed by atoms with van der Waals surface area (Å²) in [5, 5.41) is 3.86. The Morgan fingerprint density at radius 3 is 2.58 bits per heavy atom. The second-order valence-corrected chi connectivity index (χ2v) is 7.08. The van der Waals surface area contributed by atoms with Crippen molar-refractivity contribution in [2.45, 2.75) is 26.8 Å². The highest BCUT2D eigenvalue weighted by Gasteiger charge is 2.26. The number of nitrogens with zero attached hydrogens (tertiary/aromatic N) is 3. The van der Waals surface area contributed by atoms with Crippen LogP contribution in [0.15, 0.2) is 44.4 Å². The Bertz CT molecular complexity index is 1160. The van der Waals surface area contributed by atoms with E-state index < -0.39 is 17.2 Å². The highest BCUT2D eigenvalue weighted by atomic mass is 16.5. The molecule has 0 spiro atoms. The van der Waals surface area contributed by atoms with Crippen molar-refractivity contribution < 1.29 is 14.1 Å². The van der Waals surface area contributed by atoms with E-state index in [-0.39, 0.29) is 37.6 Å². The molecule has 0 unspecified atom stereocenters. The summed E-state index contributed by atoms with van der Waals surface area (Å²) in [6.45, 7) is 3.84. The number of carbonyl (C=O) groups is 1. The van der Waals surface area contributed by atoms with Gasteiger partial charge in [0.25, 0.3) is 5.56 Å². The van der Waals surface area contributed by atoms with Crippen molar-refractivity contribution in [3.63, 3.8) is 0 Å². The van der Waals surface area contributed by atoms with Crippen LogP contribution in [0.25, 0.3) is 0 Å². The van der Waals surface area contributed by atoms with Gasteiger partial charge in [-0.15, -0.1) is 0 Å². The van der Waals surface area contributed by atoms with Crippen molar-refractivity contribution in [3.05, 3.63) is 73.8 Å². The number of carbonyl (C=O) groups excluding carboxylic acids is 1. The number of benzene rings is 1. The molecule has 0 aliphatic rings. The molecule has 10 nitrogen and oxygen atoms in total. The van der Waals surface area contributed by atoms with Crippen LogP contribution in [-0.4, -0.2) is 40.9 Å². The Balaban J connectivity index is 2.04. The first-order valence-corrected chi connectivity index (χ1v) is 9.71. The third-order valence-electron chi connectivity index (χ3n) is 5.00. The topological polar surface area (TPSA) is 136 Å². The Morgan fingerprint density at radius 2 is 1.97 bits per heavy atom. The van der Waals surface area contributed by atoms with Crippen molar-refractivity contribution in [2.75, 3.05) is 30.9 Å². The molecule has 0 aliphatic heterocycles. The maximum atomic E-state index is 13.2. The van der Waals surface area contributed by atoms with Crippen molar-refractivity contribution in [1.82, 2.24) is 14.7 Å². The summed E-state index contributed by atoms with van der Waals surface area (Å²) in [4.78, 5) is 41.8. The molecule has 1 aromatic carbocycles. The highest BCUT2D eigenvalue weighted by molar-refractivity contribution is 5.97. The van der Waals surface area contributed by atoms with Gasteiger partial charge in [-0.05, 0) is 19.4 Å². The van der Waals surface area contributed by atoms with Crippen molar-refractivity contribution in [3.8, 4) is 0 Å². The molecule has 31 heavy (non-hydrogen) atoms. The van der Waals surface area contributed by atoms with E-state index in [0.717, 1.165) is 5.56 Å². The van der Waals surface area contributed by atoms with Gasteiger partial charge in [-0.2, -0.15) is 0 Å². The first-order valence-electron chi connectivity index (χ1n) is 9.71. The van der Waals surface area contributed by atoms with Crippen LogP contribution in [0, 0.1) is 13.8 Å². The predicted octanol–water partition coefficient (Wildman–Crippen LogP) is 0.994. The first kappa shape index (κ1) is 22.0. The molecule has 0 radical (unpaired) electrons. The van der Waals surface area contributed by atoms with Crippen molar-refractivity contribution >= 4 is 17.4 Å². The maximum Gasteiger partial charge on any atom is 0.330 e. The van der Waals surface area contributed by atoms with Crippen LogP contribution in [0.3, 0.4) is 0 Å². The van der Waals surface area contributed by atoms with E-state index in [0.29, 0.717) is 17.0 Å². The molecule has 2 aromatic heterocycles. The van der Waals surface area contributed by atoms with Gasteiger partial charge in [0.1, 0.15) is 11.6 Å². The fourth-order valence-corrected chi connectivity index (χ4v) is 3.31. The first-order chi connectivity index (χ1) is 14.8. The average molecular weight is 427 g/mol. The molecule has 3 rings (SSSR count). The number of rotatable bonds is 8. The summed E-state index contributed by atoms with van der Waals surface area (Å²) in [6, 6.07) is 9.19. The molecule has 0 saturated carbocycles. The number of anilines is 2. The minimum Gasteiger partial charge on any atom is -0.383 e. The summed E-state index contributed by atoms with van der Waals surface area (Å²) >= 11 is 0. The second-order valence-electron chi connectivity index (χ2n) is 7.08. The van der Waals surface area contributed by atoms with E-state index >= 15 is 0 Å². The van der Waals surface area contributed by atoms with Gasteiger partial charge < -0.3 is 19.9 Å². The lowest BCUT2D eigenvalue weighted by molar-refractivity contribution is -0.118. The van der Waals surface area contributed by atoms with Crippen LogP contribution in [0.5, 0.6) is 0 Å². The van der Waals surface area contributed by atoms with E-state index in [1.807, 2.05) is 30.3 Å². The summed E-state index contributed by atoms with van der Waals surface area (Å²) < 4.78 is 11.5. The zero-order valence-electron chi connectivity index (χ0n) is 17.7. The van der Waals surface area contributed by atoms with Crippen molar-refractivity contribution in [2.24, 2.45) is 0 Å². The number of hydrogen-bond donors (Lipinski definition) is 2. The minimum absolute atomic E-state index is 0.0401. The number of aromatic amines is 1. The smallest absolute Gasteiger partial charge is 0.330 e. The zero-order chi connectivity index (χ0) is 22.5. The second kappa shape index (κ2) is 9.43. The summed E-state index contributed by atoms with van der Waals surface area (Å²) in [7, 11) is 1.49. The van der Waals surface area contributed by atoms with Crippen LogP contribution >= 0.6 is 0 Å². The zero-order valence-corrected chi connectivity index (χ0v) is 17.7. The predicted molar refractivity (Wildman–Crippen MR) is 115 cm³/mol. The van der Waals surface area contributed by atoms with Gasteiger partial charge in [0, 0.05) is 19.2 Å². The third-order valence-corrected chi connectivity index (χ3v) is 5.00. The Hall–Kier alpha value is -3.66. The summed E-state index contributed by atoms with van der Waals surface area (Å²) in [5.41, 5.74) is 6.82. The SMILES string of the molecule is COCCN(C(=O)Cc1c(C)noc1C)c1c(N)n(Cc2ccccc2)c(=O)[nH]c1=O. The Morgan fingerprint density at radius 1 is 1.26 bits per heavy atom. The number of nitrogens with one attached hydrogen (secondary N) is 1. The number of amides is 1. The van der Waals surface area contributed by atoms with Gasteiger partial charge in [-0.3, -0.25) is 19.1 Å². The largest absolute Gasteiger partial charge is 0.383 e. The molecule has 164 valence electrons. The summed E-state index contributed by atoms with van der Waals surface area (Å²) in [5.74, 6) is 0.0304. The molecule has 0 saturated heterocycles. The minimum atomic E-state index is -0.741. The van der Waals surface area contributed by atoms with Gasteiger partial charge in [0.2, 0.25) is 5.91 Å².